The molecule has 1 heterocycles. The second-order valence-electron chi connectivity index (χ2n) is 5.73. The van der Waals surface area contributed by atoms with Gasteiger partial charge in [0.05, 0.1) is 16.3 Å². The second kappa shape index (κ2) is 7.16. The van der Waals surface area contributed by atoms with E-state index in [2.05, 4.69) is 5.10 Å². The van der Waals surface area contributed by atoms with E-state index in [-0.39, 0.29) is 23.7 Å². The number of nitrogens with zero attached hydrogens (tertiary/aromatic N) is 2. The van der Waals surface area contributed by atoms with Gasteiger partial charge in [-0.3, -0.25) is 0 Å². The van der Waals surface area contributed by atoms with Gasteiger partial charge in [-0.1, -0.05) is 37.3 Å². The predicted octanol–water partition coefficient (Wildman–Crippen LogP) is 4.15. The molecule has 27 heavy (non-hydrogen) atoms. The second-order valence-corrected chi connectivity index (χ2v) is 7.29. The molecule has 5 nitrogen and oxygen atoms in total. The van der Waals surface area contributed by atoms with Crippen molar-refractivity contribution >= 4 is 10.0 Å². The van der Waals surface area contributed by atoms with Crippen molar-refractivity contribution in [1.29, 1.82) is 0 Å². The third-order valence-electron chi connectivity index (χ3n) is 3.76. The van der Waals surface area contributed by atoms with E-state index in [0.29, 0.717) is 5.56 Å². The maximum Gasteiger partial charge on any atom is 0.435 e. The van der Waals surface area contributed by atoms with Crippen molar-refractivity contribution in [2.75, 3.05) is 0 Å². The number of benzene rings is 2. The Kier molecular flexibility index (Phi) is 5.48. The smallest absolute Gasteiger partial charge is 0.233 e. The van der Waals surface area contributed by atoms with Gasteiger partial charge in [0.1, 0.15) is 0 Å². The van der Waals surface area contributed by atoms with E-state index in [1.54, 1.807) is 24.3 Å². The monoisotopic (exact) mass is 397 g/mol. The Morgan fingerprint density at radius 2 is 1.56 bits per heavy atom. The van der Waals surface area contributed by atoms with Crippen molar-refractivity contribution < 1.29 is 21.6 Å². The summed E-state index contributed by atoms with van der Waals surface area (Å²) in [7, 11) is -3.90. The molecule has 0 bridgehead atoms. The number of hydrogen-bond acceptors (Lipinski definition) is 3. The Balaban J connectivity index is 0.00000261. The van der Waals surface area contributed by atoms with Crippen LogP contribution in [0.1, 0.15) is 18.7 Å². The maximum atomic E-state index is 13.1. The van der Waals surface area contributed by atoms with Gasteiger partial charge in [0.25, 0.3) is 0 Å². The first-order valence-electron chi connectivity index (χ1n) is 7.43. The van der Waals surface area contributed by atoms with Gasteiger partial charge in [0.15, 0.2) is 5.69 Å². The van der Waals surface area contributed by atoms with Crippen LogP contribution in [0.15, 0.2) is 59.5 Å². The van der Waals surface area contributed by atoms with Gasteiger partial charge in [0.2, 0.25) is 10.0 Å². The molecule has 2 aromatic carbocycles. The summed E-state index contributed by atoms with van der Waals surface area (Å²) >= 11 is 0. The van der Waals surface area contributed by atoms with Crippen molar-refractivity contribution in [2.45, 2.75) is 25.4 Å². The SMILES string of the molecule is C.Cc1ccc(-c2cc(C(F)(F)F)nn2-c2ccc(S(N)(=O)=O)cc2)cc1. The molecule has 0 aliphatic heterocycles. The van der Waals surface area contributed by atoms with Crippen LogP contribution in [-0.2, 0) is 16.2 Å². The maximum absolute atomic E-state index is 13.1. The van der Waals surface area contributed by atoms with Gasteiger partial charge in [-0.25, -0.2) is 18.2 Å². The highest BCUT2D eigenvalue weighted by atomic mass is 32.2. The average Bonchev–Trinajstić information content (AvgIpc) is 3.00. The van der Waals surface area contributed by atoms with E-state index in [9.17, 15) is 21.6 Å². The van der Waals surface area contributed by atoms with E-state index in [1.807, 2.05) is 6.92 Å². The van der Waals surface area contributed by atoms with Crippen molar-refractivity contribution in [3.8, 4) is 16.9 Å². The van der Waals surface area contributed by atoms with Gasteiger partial charge in [-0.05, 0) is 37.3 Å². The summed E-state index contributed by atoms with van der Waals surface area (Å²) in [6, 6.07) is 13.1. The third kappa shape index (κ3) is 4.37. The molecule has 9 heteroatoms. The molecule has 0 saturated carbocycles. The summed E-state index contributed by atoms with van der Waals surface area (Å²) in [5.74, 6) is 0. The molecule has 0 fully saturated rings. The predicted molar refractivity (Wildman–Crippen MR) is 96.8 cm³/mol. The van der Waals surface area contributed by atoms with Gasteiger partial charge in [-0.2, -0.15) is 18.3 Å². The molecule has 0 amide bonds. The Bertz CT molecular complexity index is 1040. The number of alkyl halides is 3. The lowest BCUT2D eigenvalue weighted by Crippen LogP contribution is -2.12. The fraction of sp³-hybridized carbons (Fsp3) is 0.167. The number of halogens is 3. The molecule has 0 saturated heterocycles. The molecule has 0 atom stereocenters. The molecule has 1 aromatic heterocycles. The molecule has 2 N–H and O–H groups in total. The molecule has 3 aromatic rings. The lowest BCUT2D eigenvalue weighted by molar-refractivity contribution is -0.141. The van der Waals surface area contributed by atoms with E-state index in [1.165, 1.54) is 24.3 Å². The Morgan fingerprint density at radius 3 is 2.04 bits per heavy atom. The van der Waals surface area contributed by atoms with Crippen LogP contribution in [-0.4, -0.2) is 18.2 Å². The Hall–Kier alpha value is -2.65. The zero-order valence-corrected chi connectivity index (χ0v) is 14.3. The molecule has 3 rings (SSSR count). The number of rotatable bonds is 3. The van der Waals surface area contributed by atoms with Crippen LogP contribution in [0, 0.1) is 6.92 Å². The lowest BCUT2D eigenvalue weighted by Gasteiger charge is -2.09. The highest BCUT2D eigenvalue weighted by Gasteiger charge is 2.35. The van der Waals surface area contributed by atoms with Crippen LogP contribution >= 0.6 is 0 Å². The summed E-state index contributed by atoms with van der Waals surface area (Å²) < 4.78 is 63.2. The minimum atomic E-state index is -4.61. The molecule has 0 aliphatic carbocycles. The Morgan fingerprint density at radius 1 is 1.00 bits per heavy atom. The van der Waals surface area contributed by atoms with Gasteiger partial charge >= 0.3 is 6.18 Å². The first-order valence-corrected chi connectivity index (χ1v) is 8.98. The zero-order chi connectivity index (χ0) is 19.1. The fourth-order valence-corrected chi connectivity index (χ4v) is 2.94. The average molecular weight is 397 g/mol. The van der Waals surface area contributed by atoms with E-state index >= 15 is 0 Å². The van der Waals surface area contributed by atoms with Gasteiger partial charge in [-0.15, -0.1) is 0 Å². The summed E-state index contributed by atoms with van der Waals surface area (Å²) in [4.78, 5) is -0.138. The standard InChI is InChI=1S/C17H14F3N3O2S.CH4/c1-11-2-4-12(5-3-11)15-10-16(17(18,19)20)22-23(15)13-6-8-14(9-7-13)26(21,24)25;/h2-10H,1H3,(H2,21,24,25);1H4. The zero-order valence-electron chi connectivity index (χ0n) is 13.5. The van der Waals surface area contributed by atoms with Crippen LogP contribution in [0.4, 0.5) is 13.2 Å². The van der Waals surface area contributed by atoms with Crippen LogP contribution in [0.2, 0.25) is 0 Å². The highest BCUT2D eigenvalue weighted by molar-refractivity contribution is 7.89. The van der Waals surface area contributed by atoms with Crippen LogP contribution < -0.4 is 5.14 Å². The number of nitrogens with two attached hydrogens (primary N) is 1. The Labute approximate surface area is 155 Å². The quantitative estimate of drug-likeness (QED) is 0.721. The van der Waals surface area contributed by atoms with Crippen LogP contribution in [0.3, 0.4) is 0 Å². The summed E-state index contributed by atoms with van der Waals surface area (Å²) in [5, 5.41) is 8.70. The topological polar surface area (TPSA) is 78.0 Å². The first kappa shape index (κ1) is 20.7. The lowest BCUT2D eigenvalue weighted by atomic mass is 10.1. The number of aromatic nitrogens is 2. The number of primary sulfonamides is 1. The minimum Gasteiger partial charge on any atom is -0.233 e. The minimum absolute atomic E-state index is 0. The van der Waals surface area contributed by atoms with E-state index < -0.39 is 21.9 Å². The normalized spacial score (nSPS) is 11.9. The molecule has 0 radical (unpaired) electrons. The highest BCUT2D eigenvalue weighted by Crippen LogP contribution is 2.33. The number of aryl methyl sites for hydroxylation is 1. The van der Waals surface area contributed by atoms with E-state index in [0.717, 1.165) is 16.3 Å². The van der Waals surface area contributed by atoms with Crippen LogP contribution in [0.25, 0.3) is 16.9 Å². The third-order valence-corrected chi connectivity index (χ3v) is 4.69. The first-order chi connectivity index (χ1) is 12.1. The van der Waals surface area contributed by atoms with Crippen molar-refractivity contribution in [3.63, 3.8) is 0 Å². The van der Waals surface area contributed by atoms with Crippen LogP contribution in [0.5, 0.6) is 0 Å². The van der Waals surface area contributed by atoms with Crippen molar-refractivity contribution in [3.05, 3.63) is 65.9 Å². The molecular weight excluding hydrogens is 379 g/mol. The molecule has 0 aliphatic rings. The molecular formula is C18H18F3N3O2S. The summed E-state index contributed by atoms with van der Waals surface area (Å²) in [5.41, 5.74) is 0.996. The number of hydrogen-bond donors (Lipinski definition) is 1. The molecule has 144 valence electrons. The van der Waals surface area contributed by atoms with Gasteiger partial charge < -0.3 is 0 Å². The molecule has 0 unspecified atom stereocenters. The number of sulfonamides is 1. The summed E-state index contributed by atoms with van der Waals surface area (Å²) in [6.07, 6.45) is -4.61. The summed E-state index contributed by atoms with van der Waals surface area (Å²) in [6.45, 7) is 1.87. The van der Waals surface area contributed by atoms with Crippen molar-refractivity contribution in [1.82, 2.24) is 9.78 Å². The van der Waals surface area contributed by atoms with Gasteiger partial charge in [0, 0.05) is 5.56 Å². The largest absolute Gasteiger partial charge is 0.435 e. The molecule has 0 spiro atoms. The van der Waals surface area contributed by atoms with Crippen molar-refractivity contribution in [2.24, 2.45) is 5.14 Å². The van der Waals surface area contributed by atoms with E-state index in [4.69, 9.17) is 5.14 Å². The fourth-order valence-electron chi connectivity index (χ4n) is 2.42.